The summed E-state index contributed by atoms with van der Waals surface area (Å²) in [5.74, 6) is 1.30. The summed E-state index contributed by atoms with van der Waals surface area (Å²) in [6.07, 6.45) is 0. The number of benzene rings is 2. The van der Waals surface area contributed by atoms with Gasteiger partial charge < -0.3 is 9.15 Å². The number of hydrogen-bond donors (Lipinski definition) is 1. The van der Waals surface area contributed by atoms with E-state index in [4.69, 9.17) is 21.4 Å². The summed E-state index contributed by atoms with van der Waals surface area (Å²) >= 11 is 8.77. The van der Waals surface area contributed by atoms with Crippen LogP contribution in [0.5, 0.6) is 5.75 Å². The fourth-order valence-electron chi connectivity index (χ4n) is 2.82. The zero-order chi connectivity index (χ0) is 19.0. The summed E-state index contributed by atoms with van der Waals surface area (Å²) in [6.45, 7) is 2.09. The average Bonchev–Trinajstić information content (AvgIpc) is 3.01. The van der Waals surface area contributed by atoms with Gasteiger partial charge in [0.25, 0.3) is 0 Å². The number of hydrogen-bond acceptors (Lipinski definition) is 5. The molecule has 27 heavy (non-hydrogen) atoms. The van der Waals surface area contributed by atoms with Gasteiger partial charge in [-0.3, -0.25) is 9.67 Å². The Morgan fingerprint density at radius 2 is 2.00 bits per heavy atom. The highest BCUT2D eigenvalue weighted by Crippen LogP contribution is 2.23. The predicted molar refractivity (Wildman–Crippen MR) is 108 cm³/mol. The number of aromatic nitrogens is 3. The van der Waals surface area contributed by atoms with Crippen LogP contribution in [0.2, 0.25) is 0 Å². The highest BCUT2D eigenvalue weighted by molar-refractivity contribution is 9.10. The van der Waals surface area contributed by atoms with Gasteiger partial charge in [0, 0.05) is 21.6 Å². The van der Waals surface area contributed by atoms with E-state index in [0.29, 0.717) is 21.9 Å². The number of rotatable bonds is 4. The molecule has 2 heterocycles. The molecule has 1 N–H and O–H groups in total. The van der Waals surface area contributed by atoms with E-state index in [1.165, 1.54) is 6.07 Å². The van der Waals surface area contributed by atoms with Crippen LogP contribution in [0.15, 0.2) is 62.2 Å². The van der Waals surface area contributed by atoms with E-state index in [0.717, 1.165) is 21.1 Å². The summed E-state index contributed by atoms with van der Waals surface area (Å²) in [7, 11) is 0. The van der Waals surface area contributed by atoms with Crippen molar-refractivity contribution in [1.29, 1.82) is 0 Å². The Morgan fingerprint density at radius 3 is 2.78 bits per heavy atom. The second-order valence-corrected chi connectivity index (χ2v) is 7.25. The Kier molecular flexibility index (Phi) is 4.67. The van der Waals surface area contributed by atoms with E-state index in [2.05, 4.69) is 26.1 Å². The number of aromatic amines is 1. The first-order valence-electron chi connectivity index (χ1n) is 8.11. The second kappa shape index (κ2) is 7.13. The van der Waals surface area contributed by atoms with Gasteiger partial charge in [0.2, 0.25) is 0 Å². The minimum atomic E-state index is -0.362. The van der Waals surface area contributed by atoms with Crippen molar-refractivity contribution in [2.45, 2.75) is 13.5 Å². The molecule has 2 aromatic heterocycles. The molecule has 0 spiro atoms. The molecule has 0 saturated heterocycles. The minimum absolute atomic E-state index is 0.227. The lowest BCUT2D eigenvalue weighted by Gasteiger charge is -2.10. The van der Waals surface area contributed by atoms with E-state index in [1.807, 2.05) is 41.8 Å². The van der Waals surface area contributed by atoms with Gasteiger partial charge in [-0.05, 0) is 67.2 Å². The van der Waals surface area contributed by atoms with Crippen LogP contribution in [-0.4, -0.2) is 14.8 Å². The van der Waals surface area contributed by atoms with Crippen LogP contribution < -0.4 is 10.4 Å². The van der Waals surface area contributed by atoms with Crippen LogP contribution in [0.25, 0.3) is 16.7 Å². The largest absolute Gasteiger partial charge is 0.486 e. The van der Waals surface area contributed by atoms with Crippen molar-refractivity contribution >= 4 is 39.1 Å². The van der Waals surface area contributed by atoms with Crippen molar-refractivity contribution in [1.82, 2.24) is 14.8 Å². The van der Waals surface area contributed by atoms with Crippen molar-refractivity contribution in [3.05, 3.63) is 79.6 Å². The van der Waals surface area contributed by atoms with E-state index < -0.39 is 0 Å². The molecule has 0 aliphatic carbocycles. The zero-order valence-electron chi connectivity index (χ0n) is 14.2. The van der Waals surface area contributed by atoms with Crippen molar-refractivity contribution < 1.29 is 9.15 Å². The monoisotopic (exact) mass is 443 g/mol. The maximum absolute atomic E-state index is 11.5. The Hall–Kier alpha value is -2.71. The summed E-state index contributed by atoms with van der Waals surface area (Å²) in [6, 6.07) is 14.6. The minimum Gasteiger partial charge on any atom is -0.486 e. The Balaban J connectivity index is 1.63. The Labute approximate surface area is 167 Å². The smallest absolute Gasteiger partial charge is 0.336 e. The summed E-state index contributed by atoms with van der Waals surface area (Å²) in [4.78, 5) is 11.5. The SMILES string of the molecule is Cc1cc(=O)oc2ccc(OCc3n[nH]c(=S)n3-c3ccc(Br)cc3)cc12. The van der Waals surface area contributed by atoms with Gasteiger partial charge in [0.05, 0.1) is 0 Å². The first kappa shape index (κ1) is 17.7. The number of halogens is 1. The molecule has 0 fully saturated rings. The second-order valence-electron chi connectivity index (χ2n) is 5.95. The highest BCUT2D eigenvalue weighted by atomic mass is 79.9. The van der Waals surface area contributed by atoms with E-state index in [1.54, 1.807) is 12.1 Å². The van der Waals surface area contributed by atoms with Crippen molar-refractivity contribution in [3.63, 3.8) is 0 Å². The quantitative estimate of drug-likeness (QED) is 0.365. The number of H-pyrrole nitrogens is 1. The van der Waals surface area contributed by atoms with Crippen LogP contribution in [0, 0.1) is 11.7 Å². The van der Waals surface area contributed by atoms with Gasteiger partial charge in [-0.15, -0.1) is 0 Å². The zero-order valence-corrected chi connectivity index (χ0v) is 16.6. The van der Waals surface area contributed by atoms with Crippen molar-refractivity contribution in [2.75, 3.05) is 0 Å². The first-order chi connectivity index (χ1) is 13.0. The molecule has 4 rings (SSSR count). The van der Waals surface area contributed by atoms with Crippen LogP contribution >= 0.6 is 28.1 Å². The van der Waals surface area contributed by atoms with E-state index in [-0.39, 0.29) is 12.2 Å². The van der Waals surface area contributed by atoms with Gasteiger partial charge >= 0.3 is 5.63 Å². The predicted octanol–water partition coefficient (Wildman–Crippen LogP) is 4.69. The average molecular weight is 444 g/mol. The summed E-state index contributed by atoms with van der Waals surface area (Å²) in [5.41, 5.74) is 1.90. The normalized spacial score (nSPS) is 11.0. The van der Waals surface area contributed by atoms with Crippen LogP contribution in [-0.2, 0) is 6.61 Å². The van der Waals surface area contributed by atoms with Gasteiger partial charge in [-0.2, -0.15) is 5.10 Å². The number of nitrogens with one attached hydrogen (secondary N) is 1. The maximum Gasteiger partial charge on any atom is 0.336 e. The van der Waals surface area contributed by atoms with Crippen LogP contribution in [0.4, 0.5) is 0 Å². The Bertz CT molecular complexity index is 1240. The molecule has 0 aliphatic heterocycles. The van der Waals surface area contributed by atoms with Crippen molar-refractivity contribution in [2.24, 2.45) is 0 Å². The lowest BCUT2D eigenvalue weighted by Crippen LogP contribution is -2.06. The lowest BCUT2D eigenvalue weighted by molar-refractivity contribution is 0.293. The van der Waals surface area contributed by atoms with Crippen LogP contribution in [0.1, 0.15) is 11.4 Å². The number of nitrogens with zero attached hydrogens (tertiary/aromatic N) is 2. The third kappa shape index (κ3) is 3.58. The number of aryl methyl sites for hydroxylation is 1. The molecule has 0 unspecified atom stereocenters. The third-order valence-corrected chi connectivity index (χ3v) is 4.92. The molecule has 2 aromatic carbocycles. The van der Waals surface area contributed by atoms with E-state index in [9.17, 15) is 4.79 Å². The molecular formula is C19H14BrN3O3S. The summed E-state index contributed by atoms with van der Waals surface area (Å²) in [5, 5.41) is 7.91. The lowest BCUT2D eigenvalue weighted by atomic mass is 10.1. The fraction of sp³-hybridized carbons (Fsp3) is 0.105. The molecule has 0 radical (unpaired) electrons. The molecule has 6 nitrogen and oxygen atoms in total. The van der Waals surface area contributed by atoms with Gasteiger partial charge in [0.1, 0.15) is 17.9 Å². The number of ether oxygens (including phenoxy) is 1. The topological polar surface area (TPSA) is 73.1 Å². The molecule has 136 valence electrons. The standard InChI is InChI=1S/C19H14BrN3O3S/c1-11-8-18(24)26-16-7-6-14(9-15(11)16)25-10-17-21-22-19(27)23(17)13-4-2-12(20)3-5-13/h2-9H,10H2,1H3,(H,22,27). The molecule has 0 aliphatic rings. The molecule has 4 aromatic rings. The molecule has 0 atom stereocenters. The molecule has 0 amide bonds. The first-order valence-corrected chi connectivity index (χ1v) is 9.31. The van der Waals surface area contributed by atoms with Gasteiger partial charge in [-0.1, -0.05) is 15.9 Å². The van der Waals surface area contributed by atoms with Crippen LogP contribution in [0.3, 0.4) is 0 Å². The fourth-order valence-corrected chi connectivity index (χ4v) is 3.34. The molecule has 0 saturated carbocycles. The molecule has 8 heteroatoms. The third-order valence-electron chi connectivity index (χ3n) is 4.12. The highest BCUT2D eigenvalue weighted by Gasteiger charge is 2.10. The number of fused-ring (bicyclic) bond motifs is 1. The van der Waals surface area contributed by atoms with Gasteiger partial charge in [-0.25, -0.2) is 4.79 Å². The van der Waals surface area contributed by atoms with Crippen molar-refractivity contribution in [3.8, 4) is 11.4 Å². The summed E-state index contributed by atoms with van der Waals surface area (Å²) < 4.78 is 14.4. The molecule has 0 bridgehead atoms. The van der Waals surface area contributed by atoms with Gasteiger partial charge in [0.15, 0.2) is 10.6 Å². The Morgan fingerprint density at radius 1 is 1.22 bits per heavy atom. The van der Waals surface area contributed by atoms with E-state index >= 15 is 0 Å². The molecular weight excluding hydrogens is 430 g/mol. The maximum atomic E-state index is 11.5.